The van der Waals surface area contributed by atoms with Gasteiger partial charge in [0.25, 0.3) is 0 Å². The van der Waals surface area contributed by atoms with Crippen LogP contribution in [-0.2, 0) is 19.6 Å². The van der Waals surface area contributed by atoms with Gasteiger partial charge in [-0.2, -0.15) is 0 Å². The highest BCUT2D eigenvalue weighted by Gasteiger charge is 2.17. The molecule has 0 unspecified atom stereocenters. The third kappa shape index (κ3) is 5.27. The van der Waals surface area contributed by atoms with Gasteiger partial charge >= 0.3 is 0 Å². The Morgan fingerprint density at radius 1 is 1.08 bits per heavy atom. The predicted octanol–water partition coefficient (Wildman–Crippen LogP) is 1.15. The summed E-state index contributed by atoms with van der Waals surface area (Å²) >= 11 is 0. The van der Waals surface area contributed by atoms with Gasteiger partial charge in [0.1, 0.15) is 6.04 Å². The molecule has 26 heavy (non-hydrogen) atoms. The van der Waals surface area contributed by atoms with E-state index in [2.05, 4.69) is 15.4 Å². The Balaban J connectivity index is 1.91. The summed E-state index contributed by atoms with van der Waals surface area (Å²) in [6.45, 7) is 3.78. The van der Waals surface area contributed by atoms with Crippen LogP contribution in [-0.4, -0.2) is 39.4 Å². The first-order valence-electron chi connectivity index (χ1n) is 8.39. The molecular weight excluding hydrogens is 354 g/mol. The largest absolute Gasteiger partial charge is 0.355 e. The first-order valence-corrected chi connectivity index (χ1v) is 9.87. The minimum Gasteiger partial charge on any atom is -0.355 e. The highest BCUT2D eigenvalue weighted by atomic mass is 32.2. The van der Waals surface area contributed by atoms with E-state index >= 15 is 0 Å². The Kier molecular flexibility index (Phi) is 6.70. The topological polar surface area (TPSA) is 104 Å². The average molecular weight is 377 g/mol. The fraction of sp³-hybridized carbons (Fsp3) is 0.333. The molecule has 2 rings (SSSR count). The molecule has 0 saturated carbocycles. The molecule has 0 bridgehead atoms. The Labute approximate surface area is 153 Å². The molecule has 0 aliphatic rings. The summed E-state index contributed by atoms with van der Waals surface area (Å²) in [5.41, 5.74) is 0. The number of hydrogen-bond donors (Lipinski definition) is 3. The Hall–Kier alpha value is -2.45. The van der Waals surface area contributed by atoms with Crippen LogP contribution in [0.2, 0.25) is 0 Å². The Bertz CT molecular complexity index is 896. The first-order chi connectivity index (χ1) is 12.3. The standard InChI is InChI=1S/C18H23N3O4S/c1-3-19-18(23)13(2)21-17(22)10-11-20-26(24,25)16-9-8-14-6-4-5-7-15(14)12-16/h4-9,12-13,20H,3,10-11H2,1-2H3,(H,19,23)(H,21,22)/t13-/m0/s1. The molecule has 0 saturated heterocycles. The minimum absolute atomic E-state index is 0.0525. The van der Waals surface area contributed by atoms with Gasteiger partial charge in [0, 0.05) is 19.5 Å². The van der Waals surface area contributed by atoms with E-state index in [1.165, 1.54) is 6.07 Å². The molecular formula is C18H23N3O4S. The number of rotatable bonds is 8. The molecule has 0 spiro atoms. The van der Waals surface area contributed by atoms with E-state index in [1.54, 1.807) is 26.0 Å². The number of benzene rings is 2. The van der Waals surface area contributed by atoms with Gasteiger partial charge in [-0.25, -0.2) is 13.1 Å². The van der Waals surface area contributed by atoms with Crippen molar-refractivity contribution in [3.8, 4) is 0 Å². The van der Waals surface area contributed by atoms with Gasteiger partial charge in [0.05, 0.1) is 4.90 Å². The number of carbonyl (C=O) groups is 2. The van der Waals surface area contributed by atoms with Crippen LogP contribution in [0.15, 0.2) is 47.4 Å². The number of fused-ring (bicyclic) bond motifs is 1. The monoisotopic (exact) mass is 377 g/mol. The number of nitrogens with one attached hydrogen (secondary N) is 3. The van der Waals surface area contributed by atoms with Gasteiger partial charge in [0.2, 0.25) is 21.8 Å². The van der Waals surface area contributed by atoms with Gasteiger partial charge in [-0.05, 0) is 36.8 Å². The molecule has 0 aromatic heterocycles. The van der Waals surface area contributed by atoms with Crippen molar-refractivity contribution >= 4 is 32.6 Å². The summed E-state index contributed by atoms with van der Waals surface area (Å²) < 4.78 is 27.1. The third-order valence-corrected chi connectivity index (χ3v) is 5.26. The number of amides is 2. The van der Waals surface area contributed by atoms with Crippen LogP contribution in [0.1, 0.15) is 20.3 Å². The lowest BCUT2D eigenvalue weighted by Gasteiger charge is -2.13. The maximum atomic E-state index is 12.4. The predicted molar refractivity (Wildman–Crippen MR) is 100 cm³/mol. The van der Waals surface area contributed by atoms with E-state index in [0.717, 1.165) is 10.8 Å². The van der Waals surface area contributed by atoms with Crippen molar-refractivity contribution in [1.29, 1.82) is 0 Å². The van der Waals surface area contributed by atoms with Crippen molar-refractivity contribution in [2.24, 2.45) is 0 Å². The van der Waals surface area contributed by atoms with Crippen molar-refractivity contribution in [3.05, 3.63) is 42.5 Å². The van der Waals surface area contributed by atoms with E-state index in [-0.39, 0.29) is 23.8 Å². The molecule has 7 nitrogen and oxygen atoms in total. The van der Waals surface area contributed by atoms with Crippen molar-refractivity contribution < 1.29 is 18.0 Å². The van der Waals surface area contributed by atoms with Crippen molar-refractivity contribution in [2.45, 2.75) is 31.2 Å². The maximum absolute atomic E-state index is 12.4. The average Bonchev–Trinajstić information content (AvgIpc) is 2.61. The van der Waals surface area contributed by atoms with Crippen molar-refractivity contribution in [1.82, 2.24) is 15.4 Å². The molecule has 2 amide bonds. The van der Waals surface area contributed by atoms with Crippen LogP contribution in [0.4, 0.5) is 0 Å². The summed E-state index contributed by atoms with van der Waals surface area (Å²) in [7, 11) is -3.71. The lowest BCUT2D eigenvalue weighted by atomic mass is 10.1. The van der Waals surface area contributed by atoms with Gasteiger partial charge < -0.3 is 10.6 Å². The van der Waals surface area contributed by atoms with Gasteiger partial charge in [0.15, 0.2) is 0 Å². The van der Waals surface area contributed by atoms with E-state index in [1.807, 2.05) is 24.3 Å². The van der Waals surface area contributed by atoms with Crippen LogP contribution in [0.25, 0.3) is 10.8 Å². The molecule has 0 aliphatic carbocycles. The van der Waals surface area contributed by atoms with E-state index < -0.39 is 22.0 Å². The molecule has 1 atom stereocenters. The molecule has 0 aliphatic heterocycles. The highest BCUT2D eigenvalue weighted by molar-refractivity contribution is 7.89. The Morgan fingerprint density at radius 2 is 1.77 bits per heavy atom. The smallest absolute Gasteiger partial charge is 0.242 e. The number of likely N-dealkylation sites (N-methyl/N-ethyl adjacent to an activating group) is 1. The summed E-state index contributed by atoms with van der Waals surface area (Å²) in [4.78, 5) is 23.5. The quantitative estimate of drug-likeness (QED) is 0.642. The zero-order valence-corrected chi connectivity index (χ0v) is 15.6. The SMILES string of the molecule is CCNC(=O)[C@H](C)NC(=O)CCNS(=O)(=O)c1ccc2ccccc2c1. The number of hydrogen-bond acceptors (Lipinski definition) is 4. The minimum atomic E-state index is -3.71. The fourth-order valence-corrected chi connectivity index (χ4v) is 3.49. The van der Waals surface area contributed by atoms with Crippen LogP contribution < -0.4 is 15.4 Å². The molecule has 0 radical (unpaired) electrons. The van der Waals surface area contributed by atoms with E-state index in [4.69, 9.17) is 0 Å². The normalized spacial score (nSPS) is 12.5. The molecule has 0 heterocycles. The lowest BCUT2D eigenvalue weighted by molar-refractivity contribution is -0.128. The van der Waals surface area contributed by atoms with Crippen LogP contribution in [0.3, 0.4) is 0 Å². The lowest BCUT2D eigenvalue weighted by Crippen LogP contribution is -2.45. The van der Waals surface area contributed by atoms with Crippen LogP contribution in [0, 0.1) is 0 Å². The van der Waals surface area contributed by atoms with Crippen LogP contribution in [0.5, 0.6) is 0 Å². The molecule has 8 heteroatoms. The van der Waals surface area contributed by atoms with Crippen molar-refractivity contribution in [2.75, 3.05) is 13.1 Å². The molecule has 140 valence electrons. The fourth-order valence-electron chi connectivity index (χ4n) is 2.42. The second-order valence-electron chi connectivity index (χ2n) is 5.84. The van der Waals surface area contributed by atoms with E-state index in [0.29, 0.717) is 6.54 Å². The van der Waals surface area contributed by atoms with Gasteiger partial charge in [-0.15, -0.1) is 0 Å². The molecule has 0 fully saturated rings. The van der Waals surface area contributed by atoms with E-state index in [9.17, 15) is 18.0 Å². The second-order valence-corrected chi connectivity index (χ2v) is 7.61. The highest BCUT2D eigenvalue weighted by Crippen LogP contribution is 2.18. The maximum Gasteiger partial charge on any atom is 0.242 e. The summed E-state index contributed by atoms with van der Waals surface area (Å²) in [6.07, 6.45) is -0.0590. The van der Waals surface area contributed by atoms with Crippen molar-refractivity contribution in [3.63, 3.8) is 0 Å². The second kappa shape index (κ2) is 8.77. The van der Waals surface area contributed by atoms with Gasteiger partial charge in [-0.1, -0.05) is 30.3 Å². The zero-order chi connectivity index (χ0) is 19.2. The summed E-state index contributed by atoms with van der Waals surface area (Å²) in [6, 6.07) is 11.7. The van der Waals surface area contributed by atoms with Crippen LogP contribution >= 0.6 is 0 Å². The third-order valence-electron chi connectivity index (χ3n) is 3.80. The molecule has 3 N–H and O–H groups in total. The molecule has 2 aromatic carbocycles. The first kappa shape index (κ1) is 19.9. The Morgan fingerprint density at radius 3 is 2.46 bits per heavy atom. The zero-order valence-electron chi connectivity index (χ0n) is 14.8. The summed E-state index contributed by atoms with van der Waals surface area (Å²) in [5, 5.41) is 6.90. The number of carbonyl (C=O) groups excluding carboxylic acids is 2. The molecule has 2 aromatic rings. The summed E-state index contributed by atoms with van der Waals surface area (Å²) in [5.74, 6) is -0.678. The van der Waals surface area contributed by atoms with Gasteiger partial charge in [-0.3, -0.25) is 9.59 Å². The number of sulfonamides is 1.